The summed E-state index contributed by atoms with van der Waals surface area (Å²) in [5.74, 6) is 2.44. The molecule has 0 atom stereocenters. The molecule has 0 aliphatic heterocycles. The van der Waals surface area contributed by atoms with Crippen LogP contribution in [0, 0.1) is 0 Å². The largest absolute Gasteiger partial charge is 0.497 e. The lowest BCUT2D eigenvalue weighted by molar-refractivity contribution is 0.415. The van der Waals surface area contributed by atoms with E-state index in [1.807, 2.05) is 54.6 Å². The summed E-state index contributed by atoms with van der Waals surface area (Å²) < 4.78 is 10.5. The number of furan rings is 1. The van der Waals surface area contributed by atoms with Crippen molar-refractivity contribution >= 4 is 53.8 Å². The molecule has 170 valence electrons. The van der Waals surface area contributed by atoms with Gasteiger partial charge in [0.1, 0.15) is 11.5 Å². The van der Waals surface area contributed by atoms with E-state index in [4.69, 9.17) is 20.8 Å². The zero-order valence-corrected chi connectivity index (χ0v) is 19.1. The van der Waals surface area contributed by atoms with Gasteiger partial charge in [0, 0.05) is 16.3 Å². The van der Waals surface area contributed by atoms with E-state index in [-0.39, 0.29) is 18.4 Å². The Hall–Kier alpha value is -3.82. The average molecular weight is 486 g/mol. The Balaban J connectivity index is 0.00000306. The zero-order valence-electron chi connectivity index (χ0n) is 17.5. The summed E-state index contributed by atoms with van der Waals surface area (Å²) >= 11 is 6.16. The molecule has 0 amide bonds. The highest BCUT2D eigenvalue weighted by atomic mass is 35.5. The number of nitrogens with zero attached hydrogens (tertiary/aromatic N) is 4. The van der Waals surface area contributed by atoms with Crippen LogP contribution in [0.5, 0.6) is 5.75 Å². The fourth-order valence-electron chi connectivity index (χ4n) is 2.68. The SMILES string of the molecule is COc1ccc(Nc2nc(NCc3ccco3)nc(NN=Cc3ccccc3Cl)n2)cc1.Cl. The minimum absolute atomic E-state index is 0. The molecule has 0 bridgehead atoms. The van der Waals surface area contributed by atoms with Crippen LogP contribution in [0.1, 0.15) is 11.3 Å². The van der Waals surface area contributed by atoms with Crippen LogP contribution in [-0.4, -0.2) is 28.3 Å². The first-order valence-electron chi connectivity index (χ1n) is 9.66. The molecule has 4 aromatic rings. The summed E-state index contributed by atoms with van der Waals surface area (Å²) in [6.45, 7) is 0.418. The summed E-state index contributed by atoms with van der Waals surface area (Å²) in [6.07, 6.45) is 3.20. The van der Waals surface area contributed by atoms with Crippen LogP contribution in [0.25, 0.3) is 0 Å². The van der Waals surface area contributed by atoms with Crippen molar-refractivity contribution in [3.8, 4) is 5.75 Å². The van der Waals surface area contributed by atoms with Gasteiger partial charge in [-0.15, -0.1) is 12.4 Å². The Morgan fingerprint density at radius 3 is 2.45 bits per heavy atom. The highest BCUT2D eigenvalue weighted by Gasteiger charge is 2.08. The van der Waals surface area contributed by atoms with Gasteiger partial charge in [-0.2, -0.15) is 20.1 Å². The van der Waals surface area contributed by atoms with Gasteiger partial charge in [-0.3, -0.25) is 0 Å². The number of anilines is 4. The molecule has 0 fully saturated rings. The van der Waals surface area contributed by atoms with Crippen molar-refractivity contribution in [2.24, 2.45) is 5.10 Å². The Labute approximate surface area is 201 Å². The maximum absolute atomic E-state index is 6.16. The molecular formula is C22H21Cl2N7O2. The normalized spacial score (nSPS) is 10.5. The fourth-order valence-corrected chi connectivity index (χ4v) is 2.87. The second-order valence-corrected chi connectivity index (χ2v) is 6.89. The number of nitrogens with one attached hydrogen (secondary N) is 3. The predicted octanol–water partition coefficient (Wildman–Crippen LogP) is 5.35. The zero-order chi connectivity index (χ0) is 22.2. The van der Waals surface area contributed by atoms with Gasteiger partial charge >= 0.3 is 0 Å². The van der Waals surface area contributed by atoms with E-state index in [0.29, 0.717) is 23.5 Å². The Bertz CT molecular complexity index is 1190. The summed E-state index contributed by atoms with van der Waals surface area (Å²) in [6, 6.07) is 18.5. The lowest BCUT2D eigenvalue weighted by Crippen LogP contribution is -2.09. The van der Waals surface area contributed by atoms with Gasteiger partial charge in [0.05, 0.1) is 26.1 Å². The fraction of sp³-hybridized carbons (Fsp3) is 0.0909. The first-order chi connectivity index (χ1) is 15.7. The molecule has 33 heavy (non-hydrogen) atoms. The second-order valence-electron chi connectivity index (χ2n) is 6.48. The van der Waals surface area contributed by atoms with Crippen LogP contribution >= 0.6 is 24.0 Å². The second kappa shape index (κ2) is 11.7. The Kier molecular flexibility index (Phi) is 8.45. The number of methoxy groups -OCH3 is 1. The van der Waals surface area contributed by atoms with Crippen molar-refractivity contribution in [1.82, 2.24) is 15.0 Å². The van der Waals surface area contributed by atoms with Gasteiger partial charge in [-0.05, 0) is 42.5 Å². The number of rotatable bonds is 9. The molecule has 2 aromatic carbocycles. The number of hydrogen-bond acceptors (Lipinski definition) is 9. The lowest BCUT2D eigenvalue weighted by atomic mass is 10.2. The van der Waals surface area contributed by atoms with Gasteiger partial charge in [0.15, 0.2) is 0 Å². The number of aromatic nitrogens is 3. The summed E-state index contributed by atoms with van der Waals surface area (Å²) in [5, 5.41) is 11.1. The van der Waals surface area contributed by atoms with E-state index in [9.17, 15) is 0 Å². The van der Waals surface area contributed by atoms with Gasteiger partial charge in [-0.25, -0.2) is 5.43 Å². The highest BCUT2D eigenvalue weighted by Crippen LogP contribution is 2.20. The molecule has 9 nitrogen and oxygen atoms in total. The summed E-state index contributed by atoms with van der Waals surface area (Å²) in [7, 11) is 1.62. The minimum atomic E-state index is 0. The smallest absolute Gasteiger partial charge is 0.250 e. The third kappa shape index (κ3) is 6.83. The van der Waals surface area contributed by atoms with Gasteiger partial charge in [0.2, 0.25) is 17.8 Å². The van der Waals surface area contributed by atoms with Crippen LogP contribution in [0.15, 0.2) is 76.4 Å². The van der Waals surface area contributed by atoms with Crippen molar-refractivity contribution in [2.45, 2.75) is 6.54 Å². The van der Waals surface area contributed by atoms with Gasteiger partial charge < -0.3 is 19.8 Å². The third-order valence-electron chi connectivity index (χ3n) is 4.26. The molecule has 0 radical (unpaired) electrons. The van der Waals surface area contributed by atoms with Crippen LogP contribution in [0.2, 0.25) is 5.02 Å². The molecule has 11 heteroatoms. The van der Waals surface area contributed by atoms with E-state index < -0.39 is 0 Å². The van der Waals surface area contributed by atoms with Gasteiger partial charge in [0.25, 0.3) is 0 Å². The number of benzene rings is 2. The highest BCUT2D eigenvalue weighted by molar-refractivity contribution is 6.33. The minimum Gasteiger partial charge on any atom is -0.497 e. The van der Waals surface area contributed by atoms with Crippen LogP contribution in [0.3, 0.4) is 0 Å². The van der Waals surface area contributed by atoms with Crippen molar-refractivity contribution in [1.29, 1.82) is 0 Å². The lowest BCUT2D eigenvalue weighted by Gasteiger charge is -2.10. The first kappa shape index (κ1) is 23.8. The molecule has 4 rings (SSSR count). The number of halogens is 2. The molecule has 0 aliphatic carbocycles. The topological polar surface area (TPSA) is 109 Å². The van der Waals surface area contributed by atoms with Crippen molar-refractivity contribution in [2.75, 3.05) is 23.2 Å². The molecule has 0 saturated heterocycles. The first-order valence-corrected chi connectivity index (χ1v) is 10.0. The third-order valence-corrected chi connectivity index (χ3v) is 4.60. The van der Waals surface area contributed by atoms with E-state index in [0.717, 1.165) is 22.8 Å². The number of hydrogen-bond donors (Lipinski definition) is 3. The van der Waals surface area contributed by atoms with E-state index in [1.165, 1.54) is 0 Å². The van der Waals surface area contributed by atoms with Crippen LogP contribution < -0.4 is 20.8 Å². The van der Waals surface area contributed by atoms with Crippen molar-refractivity contribution in [3.05, 3.63) is 83.3 Å². The number of hydrazone groups is 1. The van der Waals surface area contributed by atoms with Crippen molar-refractivity contribution in [3.63, 3.8) is 0 Å². The van der Waals surface area contributed by atoms with Crippen LogP contribution in [-0.2, 0) is 6.54 Å². The summed E-state index contributed by atoms with van der Waals surface area (Å²) in [4.78, 5) is 13.2. The monoisotopic (exact) mass is 485 g/mol. The average Bonchev–Trinajstić information content (AvgIpc) is 3.33. The molecule has 3 N–H and O–H groups in total. The molecule has 0 aliphatic rings. The van der Waals surface area contributed by atoms with E-state index >= 15 is 0 Å². The molecule has 0 spiro atoms. The Morgan fingerprint density at radius 2 is 1.73 bits per heavy atom. The summed E-state index contributed by atoms with van der Waals surface area (Å²) in [5.41, 5.74) is 4.38. The number of ether oxygens (including phenoxy) is 1. The van der Waals surface area contributed by atoms with E-state index in [1.54, 1.807) is 25.7 Å². The van der Waals surface area contributed by atoms with Gasteiger partial charge in [-0.1, -0.05) is 29.8 Å². The van der Waals surface area contributed by atoms with Crippen LogP contribution in [0.4, 0.5) is 23.5 Å². The maximum Gasteiger partial charge on any atom is 0.250 e. The molecule has 0 saturated carbocycles. The maximum atomic E-state index is 6.16. The van der Waals surface area contributed by atoms with E-state index in [2.05, 4.69) is 36.1 Å². The molecule has 2 aromatic heterocycles. The molecule has 2 heterocycles. The standard InChI is InChI=1S/C22H20ClN7O2.ClH/c1-31-17-10-8-16(9-11-17)26-21-27-20(24-14-18-6-4-12-32-18)28-22(29-21)30-25-13-15-5-2-3-7-19(15)23;/h2-13H,14H2,1H3,(H3,24,26,27,28,29,30);1H. The Morgan fingerprint density at radius 1 is 0.970 bits per heavy atom. The quantitative estimate of drug-likeness (QED) is 0.215. The van der Waals surface area contributed by atoms with Crippen molar-refractivity contribution < 1.29 is 9.15 Å². The molecular weight excluding hydrogens is 465 g/mol. The predicted molar refractivity (Wildman–Crippen MR) is 132 cm³/mol. The molecule has 0 unspecified atom stereocenters.